The van der Waals surface area contributed by atoms with Gasteiger partial charge in [-0.15, -0.1) is 0 Å². The van der Waals surface area contributed by atoms with E-state index in [1.807, 2.05) is 0 Å². The standard InChI is InChI=1S/C9H16O2/c1-2-3-7-4-8(6-10)9(11)5-7/h7-8,10H,2-6H2,1H3. The van der Waals surface area contributed by atoms with E-state index in [9.17, 15) is 4.79 Å². The SMILES string of the molecule is CCCC1CC(=O)C(CO)C1. The highest BCUT2D eigenvalue weighted by molar-refractivity contribution is 5.83. The number of aliphatic hydroxyl groups excluding tert-OH is 1. The first-order chi connectivity index (χ1) is 5.27. The first kappa shape index (κ1) is 8.72. The zero-order valence-corrected chi connectivity index (χ0v) is 7.05. The minimum Gasteiger partial charge on any atom is -0.396 e. The molecule has 11 heavy (non-hydrogen) atoms. The summed E-state index contributed by atoms with van der Waals surface area (Å²) in [5.41, 5.74) is 0. The Morgan fingerprint density at radius 1 is 1.64 bits per heavy atom. The van der Waals surface area contributed by atoms with Crippen molar-refractivity contribution in [3.05, 3.63) is 0 Å². The van der Waals surface area contributed by atoms with Gasteiger partial charge < -0.3 is 5.11 Å². The molecule has 0 spiro atoms. The van der Waals surface area contributed by atoms with Crippen LogP contribution in [0.2, 0.25) is 0 Å². The van der Waals surface area contributed by atoms with E-state index in [2.05, 4.69) is 6.92 Å². The zero-order chi connectivity index (χ0) is 8.27. The summed E-state index contributed by atoms with van der Waals surface area (Å²) in [6.07, 6.45) is 3.92. The van der Waals surface area contributed by atoms with Crippen molar-refractivity contribution in [2.45, 2.75) is 32.6 Å². The third-order valence-electron chi connectivity index (χ3n) is 2.48. The Bertz CT molecular complexity index is 142. The van der Waals surface area contributed by atoms with Crippen molar-refractivity contribution in [2.75, 3.05) is 6.61 Å². The lowest BCUT2D eigenvalue weighted by Gasteiger charge is -2.05. The lowest BCUT2D eigenvalue weighted by Crippen LogP contribution is -2.09. The van der Waals surface area contributed by atoms with Gasteiger partial charge in [0, 0.05) is 12.3 Å². The van der Waals surface area contributed by atoms with Gasteiger partial charge in [0.25, 0.3) is 0 Å². The summed E-state index contributed by atoms with van der Waals surface area (Å²) in [5.74, 6) is 0.794. The molecule has 0 aliphatic heterocycles. The summed E-state index contributed by atoms with van der Waals surface area (Å²) in [6.45, 7) is 2.19. The molecule has 0 aromatic carbocycles. The van der Waals surface area contributed by atoms with Crippen molar-refractivity contribution < 1.29 is 9.90 Å². The zero-order valence-electron chi connectivity index (χ0n) is 7.05. The highest BCUT2D eigenvalue weighted by atomic mass is 16.3. The van der Waals surface area contributed by atoms with Crippen LogP contribution in [0.5, 0.6) is 0 Å². The number of aliphatic hydroxyl groups is 1. The summed E-state index contributed by atoms with van der Waals surface area (Å²) >= 11 is 0. The van der Waals surface area contributed by atoms with E-state index >= 15 is 0 Å². The molecule has 1 fully saturated rings. The Kier molecular flexibility index (Phi) is 3.06. The van der Waals surface area contributed by atoms with Gasteiger partial charge in [0.2, 0.25) is 0 Å². The van der Waals surface area contributed by atoms with E-state index < -0.39 is 0 Å². The summed E-state index contributed by atoms with van der Waals surface area (Å²) in [6, 6.07) is 0. The van der Waals surface area contributed by atoms with Gasteiger partial charge in [-0.05, 0) is 12.3 Å². The topological polar surface area (TPSA) is 37.3 Å². The van der Waals surface area contributed by atoms with Crippen molar-refractivity contribution in [1.82, 2.24) is 0 Å². The fourth-order valence-electron chi connectivity index (χ4n) is 1.87. The van der Waals surface area contributed by atoms with Crippen molar-refractivity contribution in [3.8, 4) is 0 Å². The molecule has 0 radical (unpaired) electrons. The first-order valence-corrected chi connectivity index (χ1v) is 4.41. The highest BCUT2D eigenvalue weighted by Gasteiger charge is 2.30. The smallest absolute Gasteiger partial charge is 0.138 e. The van der Waals surface area contributed by atoms with Crippen molar-refractivity contribution in [3.63, 3.8) is 0 Å². The van der Waals surface area contributed by atoms with Crippen molar-refractivity contribution in [1.29, 1.82) is 0 Å². The van der Waals surface area contributed by atoms with E-state index in [1.54, 1.807) is 0 Å². The Morgan fingerprint density at radius 3 is 2.82 bits per heavy atom. The molecule has 1 saturated carbocycles. The van der Waals surface area contributed by atoms with Crippen LogP contribution in [0.4, 0.5) is 0 Å². The van der Waals surface area contributed by atoms with Crippen LogP contribution >= 0.6 is 0 Å². The minimum atomic E-state index is -0.0356. The molecule has 0 aromatic heterocycles. The molecule has 0 aromatic rings. The number of carbonyl (C=O) groups is 1. The van der Waals surface area contributed by atoms with E-state index in [0.717, 1.165) is 19.3 Å². The normalized spacial score (nSPS) is 31.3. The van der Waals surface area contributed by atoms with Gasteiger partial charge in [-0.2, -0.15) is 0 Å². The summed E-state index contributed by atoms with van der Waals surface area (Å²) in [7, 11) is 0. The lowest BCUT2D eigenvalue weighted by molar-refractivity contribution is -0.121. The molecular formula is C9H16O2. The number of hydrogen-bond donors (Lipinski definition) is 1. The Balaban J connectivity index is 2.36. The van der Waals surface area contributed by atoms with Crippen LogP contribution in [0, 0.1) is 11.8 Å². The Hall–Kier alpha value is -0.370. The molecule has 0 amide bonds. The van der Waals surface area contributed by atoms with Gasteiger partial charge in [-0.25, -0.2) is 0 Å². The average Bonchev–Trinajstić information content (AvgIpc) is 2.32. The van der Waals surface area contributed by atoms with Crippen LogP contribution in [0.3, 0.4) is 0 Å². The van der Waals surface area contributed by atoms with Gasteiger partial charge in [0.15, 0.2) is 0 Å². The van der Waals surface area contributed by atoms with Crippen LogP contribution in [0.1, 0.15) is 32.6 Å². The largest absolute Gasteiger partial charge is 0.396 e. The predicted molar refractivity (Wildman–Crippen MR) is 43.2 cm³/mol. The molecule has 0 bridgehead atoms. The maximum atomic E-state index is 11.1. The van der Waals surface area contributed by atoms with E-state index in [1.165, 1.54) is 0 Å². The monoisotopic (exact) mass is 156 g/mol. The third kappa shape index (κ3) is 2.03. The predicted octanol–water partition coefficient (Wildman–Crippen LogP) is 1.37. The summed E-state index contributed by atoms with van der Waals surface area (Å²) in [4.78, 5) is 11.1. The van der Waals surface area contributed by atoms with Crippen LogP contribution in [-0.4, -0.2) is 17.5 Å². The molecule has 1 N–H and O–H groups in total. The number of carbonyl (C=O) groups excluding carboxylic acids is 1. The molecule has 0 heterocycles. The molecule has 64 valence electrons. The van der Waals surface area contributed by atoms with E-state index in [-0.39, 0.29) is 18.3 Å². The van der Waals surface area contributed by atoms with Crippen LogP contribution < -0.4 is 0 Å². The quantitative estimate of drug-likeness (QED) is 0.670. The fraction of sp³-hybridized carbons (Fsp3) is 0.889. The maximum absolute atomic E-state index is 11.1. The Labute approximate surface area is 67.6 Å². The maximum Gasteiger partial charge on any atom is 0.138 e. The molecule has 2 heteroatoms. The number of ketones is 1. The number of rotatable bonds is 3. The van der Waals surface area contributed by atoms with Crippen molar-refractivity contribution in [2.24, 2.45) is 11.8 Å². The number of hydrogen-bond acceptors (Lipinski definition) is 2. The van der Waals surface area contributed by atoms with Crippen LogP contribution in [0.25, 0.3) is 0 Å². The van der Waals surface area contributed by atoms with Gasteiger partial charge >= 0.3 is 0 Å². The molecular weight excluding hydrogens is 140 g/mol. The molecule has 1 aliphatic rings. The second kappa shape index (κ2) is 3.86. The van der Waals surface area contributed by atoms with Crippen LogP contribution in [-0.2, 0) is 4.79 Å². The summed E-state index contributed by atoms with van der Waals surface area (Å²) < 4.78 is 0. The highest BCUT2D eigenvalue weighted by Crippen LogP contribution is 2.30. The second-order valence-corrected chi connectivity index (χ2v) is 3.44. The van der Waals surface area contributed by atoms with E-state index in [0.29, 0.717) is 12.3 Å². The molecule has 1 aliphatic carbocycles. The first-order valence-electron chi connectivity index (χ1n) is 4.41. The van der Waals surface area contributed by atoms with Gasteiger partial charge in [-0.3, -0.25) is 4.79 Å². The summed E-state index contributed by atoms with van der Waals surface area (Å²) in [5, 5.41) is 8.80. The molecule has 1 rings (SSSR count). The molecule has 2 atom stereocenters. The minimum absolute atomic E-state index is 0.0356. The van der Waals surface area contributed by atoms with Crippen LogP contribution in [0.15, 0.2) is 0 Å². The molecule has 2 unspecified atom stereocenters. The average molecular weight is 156 g/mol. The second-order valence-electron chi connectivity index (χ2n) is 3.44. The fourth-order valence-corrected chi connectivity index (χ4v) is 1.87. The van der Waals surface area contributed by atoms with Gasteiger partial charge in [0.05, 0.1) is 6.61 Å². The lowest BCUT2D eigenvalue weighted by atomic mass is 10.0. The third-order valence-corrected chi connectivity index (χ3v) is 2.48. The molecule has 2 nitrogen and oxygen atoms in total. The Morgan fingerprint density at radius 2 is 2.36 bits per heavy atom. The van der Waals surface area contributed by atoms with E-state index in [4.69, 9.17) is 5.11 Å². The molecule has 0 saturated heterocycles. The van der Waals surface area contributed by atoms with Gasteiger partial charge in [-0.1, -0.05) is 19.8 Å². The van der Waals surface area contributed by atoms with Gasteiger partial charge in [0.1, 0.15) is 5.78 Å². The number of Topliss-reactive ketones (excluding diaryl/α,β-unsaturated/α-hetero) is 1. The van der Waals surface area contributed by atoms with Crippen molar-refractivity contribution >= 4 is 5.78 Å².